The maximum absolute atomic E-state index is 5.45. The first kappa shape index (κ1) is 47.4. The van der Waals surface area contributed by atoms with Gasteiger partial charge in [-0.2, -0.15) is 0 Å². The third-order valence-corrected chi connectivity index (χ3v) is 19.1. The van der Waals surface area contributed by atoms with E-state index in [1.54, 1.807) is 11.3 Å². The van der Waals surface area contributed by atoms with E-state index in [-0.39, 0.29) is 0 Å². The second-order valence-electron chi connectivity index (χ2n) is 21.4. The summed E-state index contributed by atoms with van der Waals surface area (Å²) in [6.07, 6.45) is 0. The Hall–Kier alpha value is -10.4. The fourth-order valence-electron chi connectivity index (χ4n) is 12.8. The lowest BCUT2D eigenvalue weighted by molar-refractivity contribution is 1.08. The Morgan fingerprint density at radius 3 is 1.25 bits per heavy atom. The molecule has 0 aliphatic carbocycles. The van der Waals surface area contributed by atoms with E-state index in [9.17, 15) is 0 Å². The zero-order chi connectivity index (χ0) is 54.5. The Kier molecular flexibility index (Phi) is 10.9. The highest BCUT2D eigenvalue weighted by Gasteiger charge is 2.25. The van der Waals surface area contributed by atoms with Crippen LogP contribution in [0, 0.1) is 0 Å². The maximum atomic E-state index is 5.45. The Balaban J connectivity index is 0.884. The molecule has 83 heavy (non-hydrogen) atoms. The fraction of sp³-hybridized carbons (Fsp3) is 0. The highest BCUT2D eigenvalue weighted by Crippen LogP contribution is 2.49. The summed E-state index contributed by atoms with van der Waals surface area (Å²) in [5, 5.41) is 12.3. The van der Waals surface area contributed by atoms with Crippen molar-refractivity contribution in [2.75, 3.05) is 0 Å². The Bertz CT molecular complexity index is 5280. The van der Waals surface area contributed by atoms with Crippen molar-refractivity contribution in [3.8, 4) is 84.4 Å². The molecule has 17 aromatic rings. The molecule has 0 aliphatic rings. The molecular formula is C77H46N4S2. The van der Waals surface area contributed by atoms with E-state index in [0.29, 0.717) is 17.5 Å². The van der Waals surface area contributed by atoms with Gasteiger partial charge in [0.25, 0.3) is 0 Å². The molecule has 0 radical (unpaired) electrons. The number of nitrogens with zero attached hydrogens (tertiary/aromatic N) is 4. The van der Waals surface area contributed by atoms with Crippen molar-refractivity contribution in [2.45, 2.75) is 0 Å². The van der Waals surface area contributed by atoms with Gasteiger partial charge in [-0.25, -0.2) is 15.0 Å². The second-order valence-corrected chi connectivity index (χ2v) is 23.5. The van der Waals surface area contributed by atoms with Gasteiger partial charge in [0.05, 0.1) is 21.4 Å². The van der Waals surface area contributed by atoms with E-state index in [1.807, 2.05) is 11.3 Å². The molecule has 386 valence electrons. The molecule has 0 bridgehead atoms. The van der Waals surface area contributed by atoms with Gasteiger partial charge in [0.1, 0.15) is 0 Å². The molecule has 0 atom stereocenters. The molecule has 0 spiro atoms. The normalized spacial score (nSPS) is 11.9. The highest BCUT2D eigenvalue weighted by atomic mass is 32.1. The SMILES string of the molecule is c1ccc(-c2ccc(-c3ccc(-c4nc(-c5ccc6c(c5)sc5ccccc56)nc(-c5cccc6c5sc5c(-n7c8cc(-c9ccccc9)c9ccccc9c8c8c9ccccc9c(-c9ccccc9)cc87)cccc56)n4)cc3)cc2)cc1. The predicted molar refractivity (Wildman–Crippen MR) is 353 cm³/mol. The maximum Gasteiger partial charge on any atom is 0.165 e. The molecule has 4 heterocycles. The van der Waals surface area contributed by atoms with E-state index in [0.717, 1.165) is 54.6 Å². The Labute approximate surface area is 486 Å². The van der Waals surface area contributed by atoms with Crippen LogP contribution in [0.25, 0.3) is 168 Å². The molecule has 0 saturated carbocycles. The third-order valence-electron chi connectivity index (χ3n) is 16.7. The van der Waals surface area contributed by atoms with Gasteiger partial charge in [0.2, 0.25) is 0 Å². The van der Waals surface area contributed by atoms with E-state index in [1.165, 1.54) is 96.0 Å². The van der Waals surface area contributed by atoms with Gasteiger partial charge < -0.3 is 4.57 Å². The second kappa shape index (κ2) is 19.1. The lowest BCUT2D eigenvalue weighted by atomic mass is 9.92. The Morgan fingerprint density at radius 2 is 0.663 bits per heavy atom. The molecule has 0 N–H and O–H groups in total. The highest BCUT2D eigenvalue weighted by molar-refractivity contribution is 7.27. The minimum atomic E-state index is 0.624. The van der Waals surface area contributed by atoms with Crippen LogP contribution in [0.4, 0.5) is 0 Å². The van der Waals surface area contributed by atoms with Crippen molar-refractivity contribution in [3.05, 3.63) is 279 Å². The molecule has 4 aromatic heterocycles. The molecule has 0 aliphatic heterocycles. The summed E-state index contributed by atoms with van der Waals surface area (Å²) in [6, 6.07) is 101. The number of aromatic nitrogens is 4. The minimum Gasteiger partial charge on any atom is -0.308 e. The first-order valence-corrected chi connectivity index (χ1v) is 29.7. The van der Waals surface area contributed by atoms with Gasteiger partial charge in [-0.1, -0.05) is 243 Å². The monoisotopic (exact) mass is 1090 g/mol. The van der Waals surface area contributed by atoms with Gasteiger partial charge in [0.15, 0.2) is 17.5 Å². The topological polar surface area (TPSA) is 43.6 Å². The molecule has 6 heteroatoms. The van der Waals surface area contributed by atoms with Crippen LogP contribution in [0.5, 0.6) is 0 Å². The molecular weight excluding hydrogens is 1050 g/mol. The fourth-order valence-corrected chi connectivity index (χ4v) is 15.2. The van der Waals surface area contributed by atoms with E-state index in [2.05, 4.69) is 284 Å². The standard InChI is InChI=1S/C77H46N4S2/c1-4-18-47(19-5-1)48-34-36-49(37-35-48)50-38-40-53(41-39-50)75-78-76(54-42-43-58-57-26-14-15-33-69(57)82-70(58)44-54)80-77(79-75)63-31-16-29-61-62-30-17-32-66(74(62)83-73(61)63)81-67-45-64(51-20-6-2-7-21-51)55-24-10-12-27-59(55)71(67)72-60-28-13-11-25-56(60)65(46-68(72)81)52-22-8-3-9-23-52/h1-46H. The zero-order valence-electron chi connectivity index (χ0n) is 44.7. The predicted octanol–water partition coefficient (Wildman–Crippen LogP) is 21.7. The number of rotatable bonds is 8. The summed E-state index contributed by atoms with van der Waals surface area (Å²) in [5.74, 6) is 1.90. The van der Waals surface area contributed by atoms with E-state index < -0.39 is 0 Å². The minimum absolute atomic E-state index is 0.624. The number of fused-ring (bicyclic) bond motifs is 13. The summed E-state index contributed by atoms with van der Waals surface area (Å²) >= 11 is 3.63. The molecule has 0 saturated heterocycles. The number of benzene rings is 13. The molecule has 0 fully saturated rings. The van der Waals surface area contributed by atoms with Crippen LogP contribution in [0.1, 0.15) is 0 Å². The summed E-state index contributed by atoms with van der Waals surface area (Å²) < 4.78 is 7.34. The molecule has 0 unspecified atom stereocenters. The first-order chi connectivity index (χ1) is 41.1. The van der Waals surface area contributed by atoms with Crippen LogP contribution in [0.3, 0.4) is 0 Å². The summed E-state index contributed by atoms with van der Waals surface area (Å²) in [6.45, 7) is 0. The smallest absolute Gasteiger partial charge is 0.165 e. The van der Waals surface area contributed by atoms with Crippen LogP contribution >= 0.6 is 22.7 Å². The largest absolute Gasteiger partial charge is 0.308 e. The van der Waals surface area contributed by atoms with Crippen molar-refractivity contribution in [1.29, 1.82) is 0 Å². The van der Waals surface area contributed by atoms with Crippen LogP contribution in [0.2, 0.25) is 0 Å². The molecule has 17 rings (SSSR count). The summed E-state index contributed by atoms with van der Waals surface area (Å²) in [7, 11) is 0. The average Bonchev–Trinajstić information content (AvgIpc) is 4.03. The van der Waals surface area contributed by atoms with Crippen molar-refractivity contribution in [1.82, 2.24) is 19.5 Å². The molecule has 13 aromatic carbocycles. The van der Waals surface area contributed by atoms with Gasteiger partial charge in [-0.15, -0.1) is 22.7 Å². The van der Waals surface area contributed by atoms with Crippen LogP contribution in [-0.2, 0) is 0 Å². The van der Waals surface area contributed by atoms with Crippen molar-refractivity contribution >= 4 is 106 Å². The van der Waals surface area contributed by atoms with Crippen LogP contribution in [-0.4, -0.2) is 19.5 Å². The van der Waals surface area contributed by atoms with Crippen LogP contribution < -0.4 is 0 Å². The molecule has 0 amide bonds. The lowest BCUT2D eigenvalue weighted by Crippen LogP contribution is -2.00. The number of thiophene rings is 2. The van der Waals surface area contributed by atoms with Gasteiger partial charge in [0, 0.05) is 63.1 Å². The Morgan fingerprint density at radius 1 is 0.241 bits per heavy atom. The number of hydrogen-bond donors (Lipinski definition) is 0. The van der Waals surface area contributed by atoms with Gasteiger partial charge in [-0.3, -0.25) is 0 Å². The van der Waals surface area contributed by atoms with Crippen molar-refractivity contribution in [3.63, 3.8) is 0 Å². The quantitative estimate of drug-likeness (QED) is 0.152. The van der Waals surface area contributed by atoms with Crippen molar-refractivity contribution < 1.29 is 0 Å². The van der Waals surface area contributed by atoms with Crippen LogP contribution in [0.15, 0.2) is 279 Å². The van der Waals surface area contributed by atoms with Crippen molar-refractivity contribution in [2.24, 2.45) is 0 Å². The zero-order valence-corrected chi connectivity index (χ0v) is 46.3. The molecule has 4 nitrogen and oxygen atoms in total. The van der Waals surface area contributed by atoms with Gasteiger partial charge >= 0.3 is 0 Å². The first-order valence-electron chi connectivity index (χ1n) is 28.1. The average molecular weight is 1090 g/mol. The number of hydrogen-bond acceptors (Lipinski definition) is 5. The summed E-state index contributed by atoms with van der Waals surface area (Å²) in [4.78, 5) is 16.2. The van der Waals surface area contributed by atoms with E-state index >= 15 is 0 Å². The van der Waals surface area contributed by atoms with Gasteiger partial charge in [-0.05, 0) is 102 Å². The summed E-state index contributed by atoms with van der Waals surface area (Å²) in [5.41, 5.74) is 15.7. The van der Waals surface area contributed by atoms with E-state index in [4.69, 9.17) is 15.0 Å². The third kappa shape index (κ3) is 7.75. The lowest BCUT2D eigenvalue weighted by Gasteiger charge is -2.13.